The molecule has 4 radical (unpaired) electrons. The summed E-state index contributed by atoms with van der Waals surface area (Å²) in [6, 6.07) is 0. The van der Waals surface area contributed by atoms with Crippen LogP contribution in [0, 0.1) is 0 Å². The van der Waals surface area contributed by atoms with Gasteiger partial charge in [0.05, 0.1) is 0 Å². The second-order valence-electron chi connectivity index (χ2n) is 1.64. The maximum Gasteiger partial charge on any atom is 0.00771 e. The van der Waals surface area contributed by atoms with Crippen LogP contribution in [0.2, 0.25) is 0 Å². The Bertz CT molecular complexity index is 37.2. The molecule has 0 aromatic rings. The zero-order valence-corrected chi connectivity index (χ0v) is 9.79. The summed E-state index contributed by atoms with van der Waals surface area (Å²) in [4.78, 5) is 0. The van der Waals surface area contributed by atoms with E-state index in [9.17, 15) is 0 Å². The van der Waals surface area contributed by atoms with Gasteiger partial charge >= 0.3 is 0 Å². The van der Waals surface area contributed by atoms with Gasteiger partial charge in [0.1, 0.15) is 0 Å². The predicted molar refractivity (Wildman–Crippen MR) is 41.6 cm³/mol. The van der Waals surface area contributed by atoms with Gasteiger partial charge in [-0.2, -0.15) is 0 Å². The van der Waals surface area contributed by atoms with E-state index in [0.29, 0.717) is 0 Å². The van der Waals surface area contributed by atoms with Gasteiger partial charge < -0.3 is 16.4 Å². The Labute approximate surface area is 76.9 Å². The van der Waals surface area contributed by atoms with Crippen molar-refractivity contribution in [1.82, 2.24) is 10.6 Å². The first-order valence-corrected chi connectivity index (χ1v) is 2.97. The van der Waals surface area contributed by atoms with E-state index in [1.54, 1.807) is 0 Å². The van der Waals surface area contributed by atoms with Gasteiger partial charge in [-0.15, -0.1) is 0 Å². The van der Waals surface area contributed by atoms with Crippen molar-refractivity contribution in [3.8, 4) is 0 Å². The molecule has 0 aromatic heterocycles. The summed E-state index contributed by atoms with van der Waals surface area (Å²) in [6.07, 6.45) is 0. The molecule has 0 spiro atoms. The molecule has 0 aliphatic rings. The minimum Gasteiger partial charge on any atom is -0.329 e. The van der Waals surface area contributed by atoms with Crippen molar-refractivity contribution < 1.29 is 0 Å². The second kappa shape index (κ2) is 11.6. The first kappa shape index (κ1) is 12.5. The first-order chi connectivity index (χ1) is 3.91. The van der Waals surface area contributed by atoms with E-state index in [1.807, 2.05) is 7.05 Å². The Kier molecular flexibility index (Phi) is 16.1. The van der Waals surface area contributed by atoms with E-state index in [4.69, 9.17) is 5.73 Å². The van der Waals surface area contributed by atoms with Crippen LogP contribution in [0.15, 0.2) is 0 Å². The SMILES string of the molecule is CNCCNCCN.[Pb]. The first-order valence-electron chi connectivity index (χ1n) is 2.97. The van der Waals surface area contributed by atoms with Crippen LogP contribution in [0.1, 0.15) is 0 Å². The van der Waals surface area contributed by atoms with Crippen molar-refractivity contribution in [1.29, 1.82) is 0 Å². The van der Waals surface area contributed by atoms with Crippen LogP contribution < -0.4 is 16.4 Å². The maximum absolute atomic E-state index is 5.23. The van der Waals surface area contributed by atoms with Crippen LogP contribution in [0.4, 0.5) is 0 Å². The molecule has 0 saturated heterocycles. The molecule has 0 aliphatic heterocycles. The topological polar surface area (TPSA) is 50.1 Å². The number of rotatable bonds is 5. The molecule has 0 fully saturated rings. The number of hydrogen-bond donors (Lipinski definition) is 3. The van der Waals surface area contributed by atoms with Crippen LogP contribution in [0.5, 0.6) is 0 Å². The summed E-state index contributed by atoms with van der Waals surface area (Å²) < 4.78 is 0. The van der Waals surface area contributed by atoms with Gasteiger partial charge in [0.25, 0.3) is 0 Å². The third-order valence-corrected chi connectivity index (χ3v) is 0.873. The Balaban J connectivity index is 0. The maximum atomic E-state index is 5.23. The fourth-order valence-corrected chi connectivity index (χ4v) is 0.440. The van der Waals surface area contributed by atoms with Gasteiger partial charge in [0.15, 0.2) is 0 Å². The van der Waals surface area contributed by atoms with E-state index in [1.165, 1.54) is 0 Å². The largest absolute Gasteiger partial charge is 0.329 e. The molecule has 0 aromatic carbocycles. The molecule has 4 N–H and O–H groups in total. The molecule has 54 valence electrons. The number of nitrogens with two attached hydrogens (primary N) is 1. The van der Waals surface area contributed by atoms with E-state index in [2.05, 4.69) is 10.6 Å². The van der Waals surface area contributed by atoms with Crippen LogP contribution in [0.3, 0.4) is 0 Å². The minimum atomic E-state index is 0. The Morgan fingerprint density at radius 3 is 2.33 bits per heavy atom. The zero-order chi connectivity index (χ0) is 6.24. The third-order valence-electron chi connectivity index (χ3n) is 0.873. The Morgan fingerprint density at radius 1 is 1.22 bits per heavy atom. The van der Waals surface area contributed by atoms with Crippen LogP contribution >= 0.6 is 0 Å². The van der Waals surface area contributed by atoms with Gasteiger partial charge in [-0.3, -0.25) is 0 Å². The quantitative estimate of drug-likeness (QED) is 0.421. The molecule has 4 heteroatoms. The third kappa shape index (κ3) is 12.1. The minimum absolute atomic E-state index is 0. The predicted octanol–water partition coefficient (Wildman–Crippen LogP) is -1.63. The van der Waals surface area contributed by atoms with Crippen molar-refractivity contribution in [3.63, 3.8) is 0 Å². The molecule has 0 saturated carbocycles. The van der Waals surface area contributed by atoms with Crippen molar-refractivity contribution >= 4 is 27.3 Å². The summed E-state index contributed by atoms with van der Waals surface area (Å²) in [7, 11) is 1.93. The summed E-state index contributed by atoms with van der Waals surface area (Å²) in [6.45, 7) is 3.67. The van der Waals surface area contributed by atoms with E-state index in [-0.39, 0.29) is 27.3 Å². The van der Waals surface area contributed by atoms with Gasteiger partial charge in [-0.05, 0) is 7.05 Å². The van der Waals surface area contributed by atoms with Crippen LogP contribution in [-0.4, -0.2) is 60.5 Å². The van der Waals surface area contributed by atoms with Gasteiger partial charge in [0, 0.05) is 53.5 Å². The van der Waals surface area contributed by atoms with Gasteiger partial charge in [-0.1, -0.05) is 0 Å². The number of hydrogen-bond acceptors (Lipinski definition) is 3. The Hall–Kier alpha value is 0.802. The standard InChI is InChI=1S/C5H15N3.Pb/c1-7-4-5-8-3-2-6;/h7-8H,2-6H2,1H3;. The zero-order valence-electron chi connectivity index (χ0n) is 5.91. The fourth-order valence-electron chi connectivity index (χ4n) is 0.440. The van der Waals surface area contributed by atoms with Crippen molar-refractivity contribution in [2.45, 2.75) is 0 Å². The average Bonchev–Trinajstić information content (AvgIpc) is 1.81. The van der Waals surface area contributed by atoms with Crippen molar-refractivity contribution in [2.24, 2.45) is 5.73 Å². The molecule has 0 unspecified atom stereocenters. The monoisotopic (exact) mass is 325 g/mol. The molecule has 0 amide bonds. The van der Waals surface area contributed by atoms with E-state index < -0.39 is 0 Å². The molecule has 9 heavy (non-hydrogen) atoms. The van der Waals surface area contributed by atoms with E-state index >= 15 is 0 Å². The molecular formula is C5H15N3Pb. The molecule has 0 bridgehead atoms. The smallest absolute Gasteiger partial charge is 0.00771 e. The fraction of sp³-hybridized carbons (Fsp3) is 1.00. The average molecular weight is 324 g/mol. The summed E-state index contributed by atoms with van der Waals surface area (Å²) in [5.74, 6) is 0. The molecule has 0 heterocycles. The van der Waals surface area contributed by atoms with E-state index in [0.717, 1.165) is 26.2 Å². The van der Waals surface area contributed by atoms with Crippen molar-refractivity contribution in [3.05, 3.63) is 0 Å². The molecular weight excluding hydrogens is 309 g/mol. The van der Waals surface area contributed by atoms with Gasteiger partial charge in [-0.25, -0.2) is 0 Å². The normalized spacial score (nSPS) is 8.67. The summed E-state index contributed by atoms with van der Waals surface area (Å²) in [5.41, 5.74) is 5.23. The summed E-state index contributed by atoms with van der Waals surface area (Å²) in [5, 5.41) is 6.17. The number of likely N-dealkylation sites (N-methyl/N-ethyl adjacent to an activating group) is 1. The van der Waals surface area contributed by atoms with Crippen molar-refractivity contribution in [2.75, 3.05) is 33.2 Å². The molecule has 3 nitrogen and oxygen atoms in total. The second-order valence-corrected chi connectivity index (χ2v) is 1.64. The molecule has 0 atom stereocenters. The van der Waals surface area contributed by atoms with Crippen LogP contribution in [0.25, 0.3) is 0 Å². The van der Waals surface area contributed by atoms with Crippen LogP contribution in [-0.2, 0) is 0 Å². The van der Waals surface area contributed by atoms with Gasteiger partial charge in [0.2, 0.25) is 0 Å². The number of nitrogens with one attached hydrogen (secondary N) is 2. The molecule has 0 aliphatic carbocycles. The Morgan fingerprint density at radius 2 is 1.89 bits per heavy atom. The molecule has 0 rings (SSSR count). The summed E-state index contributed by atoms with van der Waals surface area (Å²) >= 11 is 0.